The number of rotatable bonds is 3. The fourth-order valence-electron chi connectivity index (χ4n) is 2.37. The summed E-state index contributed by atoms with van der Waals surface area (Å²) < 4.78 is 6.83. The Morgan fingerprint density at radius 2 is 2.14 bits per heavy atom. The second-order valence-corrected chi connectivity index (χ2v) is 5.44. The molecular formula is C11H15N5O4S. The van der Waals surface area contributed by atoms with E-state index in [9.17, 15) is 10.2 Å². The van der Waals surface area contributed by atoms with Gasteiger partial charge in [-0.25, -0.2) is 14.6 Å². The van der Waals surface area contributed by atoms with Gasteiger partial charge in [0.1, 0.15) is 35.5 Å². The van der Waals surface area contributed by atoms with E-state index in [-0.39, 0.29) is 5.82 Å². The number of ether oxygens (including phenoxy) is 1. The highest BCUT2D eigenvalue weighted by Gasteiger charge is 2.44. The second-order valence-electron chi connectivity index (χ2n) is 4.64. The molecule has 0 spiro atoms. The molecule has 1 aliphatic heterocycles. The van der Waals surface area contributed by atoms with Crippen LogP contribution in [0, 0.1) is 0 Å². The zero-order valence-corrected chi connectivity index (χ0v) is 11.9. The topological polar surface area (TPSA) is 140 Å². The van der Waals surface area contributed by atoms with E-state index in [1.54, 1.807) is 0 Å². The molecule has 2 aromatic rings. The first-order valence-corrected chi connectivity index (χ1v) is 7.46. The number of aromatic nitrogens is 4. The fourth-order valence-corrected chi connectivity index (χ4v) is 2.94. The van der Waals surface area contributed by atoms with Gasteiger partial charge in [-0.05, 0) is 6.26 Å². The maximum Gasteiger partial charge on any atom is 0.181 e. The summed E-state index contributed by atoms with van der Waals surface area (Å²) in [5, 5.41) is 34.6. The van der Waals surface area contributed by atoms with Gasteiger partial charge in [-0.1, -0.05) is 0 Å². The number of nitrogens with two attached hydrogens (primary N) is 1. The van der Waals surface area contributed by atoms with Crippen molar-refractivity contribution in [2.24, 2.45) is 0 Å². The highest BCUT2D eigenvalue weighted by Crippen LogP contribution is 2.35. The van der Waals surface area contributed by atoms with Gasteiger partial charge in [-0.15, -0.1) is 11.8 Å². The highest BCUT2D eigenvalue weighted by atomic mass is 32.2. The van der Waals surface area contributed by atoms with Crippen molar-refractivity contribution in [1.29, 1.82) is 0 Å². The number of aliphatic hydroxyl groups is 3. The Bertz CT molecular complexity index is 665. The van der Waals surface area contributed by atoms with E-state index in [1.165, 1.54) is 22.8 Å². The van der Waals surface area contributed by atoms with Crippen LogP contribution in [0.3, 0.4) is 0 Å². The van der Waals surface area contributed by atoms with E-state index in [2.05, 4.69) is 15.1 Å². The molecule has 0 saturated carbocycles. The number of aliphatic hydroxyl groups excluding tert-OH is 3. The van der Waals surface area contributed by atoms with E-state index >= 15 is 0 Å². The third-order valence-electron chi connectivity index (χ3n) is 3.44. The van der Waals surface area contributed by atoms with E-state index < -0.39 is 31.1 Å². The van der Waals surface area contributed by atoms with Crippen LogP contribution < -0.4 is 5.73 Å². The van der Waals surface area contributed by atoms with E-state index in [0.29, 0.717) is 16.1 Å². The summed E-state index contributed by atoms with van der Waals surface area (Å²) in [5.41, 5.74) is 6.25. The molecule has 0 aromatic carbocycles. The van der Waals surface area contributed by atoms with Crippen LogP contribution in [-0.2, 0) is 4.74 Å². The Hall–Kier alpha value is -1.46. The number of hydrogen-bond acceptors (Lipinski definition) is 9. The van der Waals surface area contributed by atoms with Crippen LogP contribution >= 0.6 is 11.8 Å². The Kier molecular flexibility index (Phi) is 3.71. The SMILES string of the molecule is CSc1nn([C@@H]2O[C@@H](CO)[C@@H](O)[C@H]2O)c2ncnc(N)c12. The molecule has 0 unspecified atom stereocenters. The van der Waals surface area contributed by atoms with Crippen molar-refractivity contribution in [2.75, 3.05) is 18.6 Å². The van der Waals surface area contributed by atoms with Gasteiger partial charge in [0.05, 0.1) is 12.0 Å². The predicted molar refractivity (Wildman–Crippen MR) is 74.5 cm³/mol. The normalized spacial score (nSPS) is 29.3. The van der Waals surface area contributed by atoms with Gasteiger partial charge in [-0.2, -0.15) is 5.10 Å². The van der Waals surface area contributed by atoms with Crippen LogP contribution in [0.15, 0.2) is 11.4 Å². The molecule has 0 amide bonds. The average Bonchev–Trinajstić information content (AvgIpc) is 2.99. The van der Waals surface area contributed by atoms with Crippen LogP contribution in [0.2, 0.25) is 0 Å². The lowest BCUT2D eigenvalue weighted by Crippen LogP contribution is -2.33. The van der Waals surface area contributed by atoms with Crippen LogP contribution in [0.1, 0.15) is 6.23 Å². The molecule has 10 heteroatoms. The Balaban J connectivity index is 2.11. The molecule has 0 bridgehead atoms. The molecule has 5 N–H and O–H groups in total. The number of nitrogen functional groups attached to an aromatic ring is 1. The first-order valence-electron chi connectivity index (χ1n) is 6.23. The van der Waals surface area contributed by atoms with Crippen LogP contribution in [-0.4, -0.2) is 66.2 Å². The molecule has 9 nitrogen and oxygen atoms in total. The standard InChI is InChI=1S/C11H15N5O4S/c1-21-10-5-8(12)13-3-14-9(5)16(15-10)11-7(19)6(18)4(2-17)20-11/h3-4,6-7,11,17-19H,2H2,1H3,(H2,12,13,14)/t4-,6+,7+,11+/m0/s1. The lowest BCUT2D eigenvalue weighted by atomic mass is 10.1. The van der Waals surface area contributed by atoms with E-state index in [1.807, 2.05) is 6.26 Å². The van der Waals surface area contributed by atoms with Gasteiger partial charge >= 0.3 is 0 Å². The maximum absolute atomic E-state index is 10.1. The lowest BCUT2D eigenvalue weighted by molar-refractivity contribution is -0.0571. The van der Waals surface area contributed by atoms with Crippen LogP contribution in [0.5, 0.6) is 0 Å². The summed E-state index contributed by atoms with van der Waals surface area (Å²) in [6.07, 6.45) is -1.12. The van der Waals surface area contributed by atoms with E-state index in [4.69, 9.17) is 15.6 Å². The fraction of sp³-hybridized carbons (Fsp3) is 0.545. The van der Waals surface area contributed by atoms with Crippen molar-refractivity contribution in [3.05, 3.63) is 6.33 Å². The predicted octanol–water partition coefficient (Wildman–Crippen LogP) is -1.26. The van der Waals surface area contributed by atoms with Gasteiger partial charge in [0.15, 0.2) is 11.9 Å². The molecule has 1 aliphatic rings. The summed E-state index contributed by atoms with van der Waals surface area (Å²) >= 11 is 1.36. The molecule has 4 atom stereocenters. The number of nitrogens with zero attached hydrogens (tertiary/aromatic N) is 4. The summed E-state index contributed by atoms with van der Waals surface area (Å²) in [6.45, 7) is -0.402. The van der Waals surface area contributed by atoms with Gasteiger partial charge < -0.3 is 25.8 Å². The summed E-state index contributed by atoms with van der Waals surface area (Å²) in [7, 11) is 0. The second kappa shape index (κ2) is 5.39. The van der Waals surface area contributed by atoms with Crippen molar-refractivity contribution < 1.29 is 20.1 Å². The Labute approximate surface area is 123 Å². The quantitative estimate of drug-likeness (QED) is 0.511. The third-order valence-corrected chi connectivity index (χ3v) is 4.11. The minimum Gasteiger partial charge on any atom is -0.394 e. The molecule has 21 heavy (non-hydrogen) atoms. The largest absolute Gasteiger partial charge is 0.394 e. The van der Waals surface area contributed by atoms with Crippen LogP contribution in [0.25, 0.3) is 11.0 Å². The van der Waals surface area contributed by atoms with Crippen molar-refractivity contribution in [3.63, 3.8) is 0 Å². The maximum atomic E-state index is 10.1. The van der Waals surface area contributed by atoms with Crippen LogP contribution in [0.4, 0.5) is 5.82 Å². The number of thioether (sulfide) groups is 1. The summed E-state index contributed by atoms with van der Waals surface area (Å²) in [6, 6.07) is 0. The van der Waals surface area contributed by atoms with Gasteiger partial charge in [0.25, 0.3) is 0 Å². The third kappa shape index (κ3) is 2.15. The number of anilines is 1. The Morgan fingerprint density at radius 1 is 1.38 bits per heavy atom. The van der Waals surface area contributed by atoms with Gasteiger partial charge in [0, 0.05) is 0 Å². The molecular weight excluding hydrogens is 298 g/mol. The lowest BCUT2D eigenvalue weighted by Gasteiger charge is -2.15. The molecule has 1 saturated heterocycles. The molecule has 0 radical (unpaired) electrons. The average molecular weight is 313 g/mol. The minimum atomic E-state index is -1.23. The highest BCUT2D eigenvalue weighted by molar-refractivity contribution is 7.98. The smallest absolute Gasteiger partial charge is 0.181 e. The Morgan fingerprint density at radius 3 is 2.76 bits per heavy atom. The summed E-state index contributed by atoms with van der Waals surface area (Å²) in [5.74, 6) is 0.280. The van der Waals surface area contributed by atoms with Crippen molar-refractivity contribution in [2.45, 2.75) is 29.6 Å². The van der Waals surface area contributed by atoms with Crippen molar-refractivity contribution in [1.82, 2.24) is 19.7 Å². The molecule has 3 rings (SSSR count). The molecule has 114 valence electrons. The van der Waals surface area contributed by atoms with E-state index in [0.717, 1.165) is 0 Å². The van der Waals surface area contributed by atoms with Gasteiger partial charge in [0.2, 0.25) is 0 Å². The zero-order chi connectivity index (χ0) is 15.1. The van der Waals surface area contributed by atoms with Gasteiger partial charge in [-0.3, -0.25) is 0 Å². The number of hydrogen-bond donors (Lipinski definition) is 4. The minimum absolute atomic E-state index is 0.280. The molecule has 3 heterocycles. The monoisotopic (exact) mass is 313 g/mol. The van der Waals surface area contributed by atoms with Crippen molar-refractivity contribution in [3.8, 4) is 0 Å². The first-order chi connectivity index (χ1) is 10.1. The molecule has 1 fully saturated rings. The first kappa shape index (κ1) is 14.5. The zero-order valence-electron chi connectivity index (χ0n) is 11.1. The summed E-state index contributed by atoms with van der Waals surface area (Å²) in [4.78, 5) is 8.05. The number of fused-ring (bicyclic) bond motifs is 1. The van der Waals surface area contributed by atoms with Crippen molar-refractivity contribution >= 4 is 28.6 Å². The molecule has 0 aliphatic carbocycles. The molecule has 2 aromatic heterocycles.